The summed E-state index contributed by atoms with van der Waals surface area (Å²) in [5.74, 6) is 1.12. The average molecular weight is 364 g/mol. The molecule has 1 amide bonds. The minimum Gasteiger partial charge on any atom is -0.341 e. The summed E-state index contributed by atoms with van der Waals surface area (Å²) in [4.78, 5) is 14.5. The van der Waals surface area contributed by atoms with E-state index in [1.165, 1.54) is 6.42 Å². The summed E-state index contributed by atoms with van der Waals surface area (Å²) in [5.41, 5.74) is 7.13. The van der Waals surface area contributed by atoms with Crippen LogP contribution in [0.1, 0.15) is 24.8 Å². The topological polar surface area (TPSA) is 46.3 Å². The van der Waals surface area contributed by atoms with Crippen molar-refractivity contribution in [2.45, 2.75) is 31.8 Å². The van der Waals surface area contributed by atoms with E-state index in [4.69, 9.17) is 28.9 Å². The summed E-state index contributed by atoms with van der Waals surface area (Å²) < 4.78 is 0. The van der Waals surface area contributed by atoms with Crippen molar-refractivity contribution < 1.29 is 4.79 Å². The largest absolute Gasteiger partial charge is 0.341 e. The third-order valence-electron chi connectivity index (χ3n) is 5.08. The minimum absolute atomic E-state index is 0. The van der Waals surface area contributed by atoms with Gasteiger partial charge in [-0.15, -0.1) is 12.4 Å². The first kappa shape index (κ1) is 17.9. The third kappa shape index (κ3) is 3.09. The zero-order chi connectivity index (χ0) is 15.1. The van der Waals surface area contributed by atoms with E-state index in [0.717, 1.165) is 18.4 Å². The highest BCUT2D eigenvalue weighted by molar-refractivity contribution is 6.42. The van der Waals surface area contributed by atoms with Gasteiger partial charge in [0, 0.05) is 19.6 Å². The molecule has 1 aromatic carbocycles. The normalized spacial score (nSPS) is 29.3. The molecule has 22 heavy (non-hydrogen) atoms. The van der Waals surface area contributed by atoms with Crippen LogP contribution in [0.15, 0.2) is 18.2 Å². The molecule has 2 aliphatic rings. The Labute approximate surface area is 147 Å². The van der Waals surface area contributed by atoms with Gasteiger partial charge in [-0.25, -0.2) is 0 Å². The number of carbonyl (C=O) groups is 1. The Morgan fingerprint density at radius 3 is 2.64 bits per heavy atom. The highest BCUT2D eigenvalue weighted by Crippen LogP contribution is 2.48. The third-order valence-corrected chi connectivity index (χ3v) is 5.94. The molecule has 6 heteroatoms. The fourth-order valence-electron chi connectivity index (χ4n) is 3.96. The first-order valence-corrected chi connectivity index (χ1v) is 8.18. The molecule has 0 aromatic heterocycles. The van der Waals surface area contributed by atoms with Crippen LogP contribution in [0.25, 0.3) is 0 Å². The quantitative estimate of drug-likeness (QED) is 0.889. The second kappa shape index (κ2) is 6.96. The highest BCUT2D eigenvalue weighted by Gasteiger charge is 2.49. The maximum Gasteiger partial charge on any atom is 0.227 e. The molecule has 0 aliphatic heterocycles. The summed E-state index contributed by atoms with van der Waals surface area (Å²) in [5, 5.41) is 1.04. The van der Waals surface area contributed by atoms with Crippen molar-refractivity contribution in [2.24, 2.45) is 23.5 Å². The van der Waals surface area contributed by atoms with E-state index >= 15 is 0 Å². The van der Waals surface area contributed by atoms with Crippen LogP contribution < -0.4 is 5.73 Å². The van der Waals surface area contributed by atoms with Gasteiger partial charge in [-0.05, 0) is 42.7 Å². The number of halogens is 3. The van der Waals surface area contributed by atoms with Gasteiger partial charge in [-0.2, -0.15) is 0 Å². The molecule has 3 rings (SSSR count). The van der Waals surface area contributed by atoms with Gasteiger partial charge in [0.1, 0.15) is 0 Å². The second-order valence-electron chi connectivity index (χ2n) is 6.34. The fraction of sp³-hybridized carbons (Fsp3) is 0.562. The van der Waals surface area contributed by atoms with Crippen molar-refractivity contribution in [3.05, 3.63) is 33.8 Å². The van der Waals surface area contributed by atoms with Gasteiger partial charge in [0.05, 0.1) is 16.0 Å². The van der Waals surface area contributed by atoms with E-state index in [9.17, 15) is 4.79 Å². The van der Waals surface area contributed by atoms with E-state index in [1.807, 2.05) is 19.2 Å². The molecule has 4 unspecified atom stereocenters. The van der Waals surface area contributed by atoms with Crippen molar-refractivity contribution in [3.8, 4) is 0 Å². The molecule has 2 N–H and O–H groups in total. The van der Waals surface area contributed by atoms with Gasteiger partial charge in [0.15, 0.2) is 0 Å². The molecule has 2 fully saturated rings. The monoisotopic (exact) mass is 362 g/mol. The average Bonchev–Trinajstić information content (AvgIpc) is 3.04. The zero-order valence-corrected chi connectivity index (χ0v) is 14.8. The van der Waals surface area contributed by atoms with Crippen LogP contribution in [0.5, 0.6) is 0 Å². The van der Waals surface area contributed by atoms with Crippen LogP contribution in [0, 0.1) is 17.8 Å². The number of carbonyl (C=O) groups excluding carboxylic acids is 1. The molecule has 2 bridgehead atoms. The number of hydrogen-bond acceptors (Lipinski definition) is 2. The maximum absolute atomic E-state index is 12.7. The maximum atomic E-state index is 12.7. The minimum atomic E-state index is -0.0216. The number of nitrogens with two attached hydrogens (primary N) is 1. The Hall–Kier alpha value is -0.480. The van der Waals surface area contributed by atoms with E-state index in [0.29, 0.717) is 28.4 Å². The zero-order valence-electron chi connectivity index (χ0n) is 12.5. The summed E-state index contributed by atoms with van der Waals surface area (Å²) in [6.07, 6.45) is 3.43. The SMILES string of the molecule is CN(Cc1cccc(Cl)c1Cl)C(=O)C1C2CCC(C2)C1N.Cl. The van der Waals surface area contributed by atoms with Gasteiger partial charge in [-0.3, -0.25) is 4.79 Å². The number of nitrogens with zero attached hydrogens (tertiary/aromatic N) is 1. The van der Waals surface area contributed by atoms with E-state index in [1.54, 1.807) is 11.0 Å². The summed E-state index contributed by atoms with van der Waals surface area (Å²) in [6.45, 7) is 0.471. The molecular weight excluding hydrogens is 343 g/mol. The van der Waals surface area contributed by atoms with Gasteiger partial charge in [0.25, 0.3) is 0 Å². The Morgan fingerprint density at radius 2 is 2.00 bits per heavy atom. The number of fused-ring (bicyclic) bond motifs is 2. The Balaban J connectivity index is 0.00000176. The number of hydrogen-bond donors (Lipinski definition) is 1. The van der Waals surface area contributed by atoms with Gasteiger partial charge < -0.3 is 10.6 Å². The summed E-state index contributed by atoms with van der Waals surface area (Å²) in [6, 6.07) is 5.53. The lowest BCUT2D eigenvalue weighted by Gasteiger charge is -2.31. The van der Waals surface area contributed by atoms with Crippen LogP contribution in [0.3, 0.4) is 0 Å². The van der Waals surface area contributed by atoms with Crippen molar-refractivity contribution in [1.82, 2.24) is 4.90 Å². The lowest BCUT2D eigenvalue weighted by Crippen LogP contribution is -2.45. The molecule has 0 radical (unpaired) electrons. The predicted octanol–water partition coefficient (Wildman–Crippen LogP) is 3.75. The molecular formula is C16H21Cl3N2O. The predicted molar refractivity (Wildman–Crippen MR) is 92.5 cm³/mol. The van der Waals surface area contributed by atoms with Gasteiger partial charge in [-0.1, -0.05) is 35.3 Å². The smallest absolute Gasteiger partial charge is 0.227 e. The van der Waals surface area contributed by atoms with Crippen molar-refractivity contribution >= 4 is 41.5 Å². The van der Waals surface area contributed by atoms with E-state index < -0.39 is 0 Å². The first-order chi connectivity index (χ1) is 9.99. The van der Waals surface area contributed by atoms with Crippen LogP contribution in [0.2, 0.25) is 10.0 Å². The summed E-state index contributed by atoms with van der Waals surface area (Å²) >= 11 is 12.2. The van der Waals surface area contributed by atoms with E-state index in [-0.39, 0.29) is 30.3 Å². The molecule has 4 atom stereocenters. The molecule has 0 spiro atoms. The standard InChI is InChI=1S/C16H20Cl2N2O.ClH/c1-20(8-11-3-2-4-12(17)14(11)18)16(21)13-9-5-6-10(7-9)15(13)19;/h2-4,9-10,13,15H,5-8,19H2,1H3;1H. The Morgan fingerprint density at radius 1 is 1.32 bits per heavy atom. The first-order valence-electron chi connectivity index (χ1n) is 7.42. The molecule has 1 aromatic rings. The molecule has 0 saturated heterocycles. The van der Waals surface area contributed by atoms with Crippen molar-refractivity contribution in [2.75, 3.05) is 7.05 Å². The van der Waals surface area contributed by atoms with Crippen molar-refractivity contribution in [3.63, 3.8) is 0 Å². The molecule has 0 heterocycles. The van der Waals surface area contributed by atoms with Gasteiger partial charge >= 0.3 is 0 Å². The lowest BCUT2D eigenvalue weighted by molar-refractivity contribution is -0.136. The second-order valence-corrected chi connectivity index (χ2v) is 7.13. The van der Waals surface area contributed by atoms with Crippen LogP contribution in [-0.2, 0) is 11.3 Å². The molecule has 3 nitrogen and oxygen atoms in total. The molecule has 2 saturated carbocycles. The van der Waals surface area contributed by atoms with Crippen LogP contribution in [0.4, 0.5) is 0 Å². The fourth-order valence-corrected chi connectivity index (χ4v) is 4.34. The van der Waals surface area contributed by atoms with Crippen LogP contribution >= 0.6 is 35.6 Å². The summed E-state index contributed by atoms with van der Waals surface area (Å²) in [7, 11) is 1.82. The number of amides is 1. The number of rotatable bonds is 3. The van der Waals surface area contributed by atoms with Gasteiger partial charge in [0.2, 0.25) is 5.91 Å². The van der Waals surface area contributed by atoms with E-state index in [2.05, 4.69) is 0 Å². The Bertz CT molecular complexity index is 564. The van der Waals surface area contributed by atoms with Crippen molar-refractivity contribution in [1.29, 1.82) is 0 Å². The number of benzene rings is 1. The highest BCUT2D eigenvalue weighted by atomic mass is 35.5. The lowest BCUT2D eigenvalue weighted by atomic mass is 9.84. The molecule has 122 valence electrons. The van der Waals surface area contributed by atoms with Crippen LogP contribution in [-0.4, -0.2) is 23.9 Å². The molecule has 2 aliphatic carbocycles. The Kier molecular flexibility index (Phi) is 5.65.